The van der Waals surface area contributed by atoms with Crippen LogP contribution < -0.4 is 0 Å². The zero-order valence-electron chi connectivity index (χ0n) is 12.3. The third kappa shape index (κ3) is 2.78. The number of para-hydroxylation sites is 1. The van der Waals surface area contributed by atoms with Crippen molar-refractivity contribution in [1.82, 2.24) is 14.9 Å². The molecule has 0 spiro atoms. The number of benzene rings is 1. The summed E-state index contributed by atoms with van der Waals surface area (Å²) in [6, 6.07) is 6.05. The number of nitrogens with zero attached hydrogens (tertiary/aromatic N) is 2. The molecule has 1 aliphatic heterocycles. The van der Waals surface area contributed by atoms with Gasteiger partial charge in [0.25, 0.3) is 0 Å². The number of aryl methyl sites for hydroxylation is 2. The van der Waals surface area contributed by atoms with Crippen molar-refractivity contribution in [3.05, 3.63) is 29.6 Å². The summed E-state index contributed by atoms with van der Waals surface area (Å²) in [7, 11) is 0. The van der Waals surface area contributed by atoms with E-state index in [-0.39, 0.29) is 18.6 Å². The van der Waals surface area contributed by atoms with Crippen LogP contribution in [0.15, 0.2) is 18.2 Å². The van der Waals surface area contributed by atoms with E-state index in [1.54, 1.807) is 0 Å². The number of likely N-dealkylation sites (tertiary alicyclic amines) is 1. The van der Waals surface area contributed by atoms with Gasteiger partial charge in [-0.3, -0.25) is 4.79 Å². The average Bonchev–Trinajstić information content (AvgIpc) is 3.11. The highest BCUT2D eigenvalue weighted by molar-refractivity contribution is 5.79. The maximum atomic E-state index is 12.2. The minimum atomic E-state index is 0.00965. The Bertz CT molecular complexity index is 650. The van der Waals surface area contributed by atoms with Gasteiger partial charge in [0.15, 0.2) is 0 Å². The molecule has 2 aromatic rings. The van der Waals surface area contributed by atoms with Crippen LogP contribution in [0.5, 0.6) is 0 Å². The maximum Gasteiger partial charge on any atom is 0.223 e. The molecule has 3 rings (SSSR count). The van der Waals surface area contributed by atoms with Crippen molar-refractivity contribution < 1.29 is 9.90 Å². The van der Waals surface area contributed by atoms with Gasteiger partial charge in [0, 0.05) is 19.4 Å². The first kappa shape index (κ1) is 14.1. The van der Waals surface area contributed by atoms with Crippen molar-refractivity contribution >= 4 is 16.9 Å². The lowest BCUT2D eigenvalue weighted by molar-refractivity contribution is -0.132. The second-order valence-electron chi connectivity index (χ2n) is 5.72. The SMILES string of the molecule is Cc1cccc2[nH]c(CCC(=O)N3CCCC3CO)nc12. The predicted octanol–water partition coefficient (Wildman–Crippen LogP) is 1.79. The van der Waals surface area contributed by atoms with Gasteiger partial charge >= 0.3 is 0 Å². The van der Waals surface area contributed by atoms with E-state index in [0.717, 1.165) is 41.8 Å². The minimum absolute atomic E-state index is 0.00965. The van der Waals surface area contributed by atoms with Gasteiger partial charge in [-0.1, -0.05) is 12.1 Å². The number of aliphatic hydroxyl groups excluding tert-OH is 1. The normalized spacial score (nSPS) is 18.6. The number of aromatic amines is 1. The molecule has 0 saturated carbocycles. The fraction of sp³-hybridized carbons (Fsp3) is 0.500. The number of nitrogens with one attached hydrogen (secondary N) is 1. The molecule has 0 bridgehead atoms. The van der Waals surface area contributed by atoms with E-state index in [1.165, 1.54) is 0 Å². The second kappa shape index (κ2) is 5.85. The summed E-state index contributed by atoms with van der Waals surface area (Å²) < 4.78 is 0. The monoisotopic (exact) mass is 287 g/mol. The number of aromatic nitrogens is 2. The number of rotatable bonds is 4. The largest absolute Gasteiger partial charge is 0.394 e. The molecule has 1 unspecified atom stereocenters. The summed E-state index contributed by atoms with van der Waals surface area (Å²) >= 11 is 0. The lowest BCUT2D eigenvalue weighted by Gasteiger charge is -2.22. The van der Waals surface area contributed by atoms with Crippen molar-refractivity contribution in [3.63, 3.8) is 0 Å². The third-order valence-corrected chi connectivity index (χ3v) is 4.25. The van der Waals surface area contributed by atoms with Gasteiger partial charge < -0.3 is 15.0 Å². The van der Waals surface area contributed by atoms with Crippen LogP contribution in [0.4, 0.5) is 0 Å². The second-order valence-corrected chi connectivity index (χ2v) is 5.72. The molecular weight excluding hydrogens is 266 g/mol. The minimum Gasteiger partial charge on any atom is -0.394 e. The smallest absolute Gasteiger partial charge is 0.223 e. The van der Waals surface area contributed by atoms with Gasteiger partial charge in [-0.25, -0.2) is 4.98 Å². The first-order chi connectivity index (χ1) is 10.2. The van der Waals surface area contributed by atoms with Gasteiger partial charge in [0.2, 0.25) is 5.91 Å². The van der Waals surface area contributed by atoms with Gasteiger partial charge in [0.05, 0.1) is 23.7 Å². The molecule has 5 heteroatoms. The number of hydrogen-bond donors (Lipinski definition) is 2. The van der Waals surface area contributed by atoms with Crippen LogP contribution in [0.2, 0.25) is 0 Å². The predicted molar refractivity (Wildman–Crippen MR) is 81.0 cm³/mol. The van der Waals surface area contributed by atoms with E-state index in [1.807, 2.05) is 30.0 Å². The van der Waals surface area contributed by atoms with Crippen LogP contribution in [0.25, 0.3) is 11.0 Å². The van der Waals surface area contributed by atoms with E-state index in [9.17, 15) is 9.90 Å². The molecule has 1 amide bonds. The highest BCUT2D eigenvalue weighted by atomic mass is 16.3. The highest BCUT2D eigenvalue weighted by Gasteiger charge is 2.27. The summed E-state index contributed by atoms with van der Waals surface area (Å²) in [5.41, 5.74) is 3.14. The van der Waals surface area contributed by atoms with Crippen LogP contribution in [-0.2, 0) is 11.2 Å². The standard InChI is InChI=1S/C16H21N3O2/c1-11-4-2-6-13-16(11)18-14(17-13)7-8-15(21)19-9-3-5-12(19)10-20/h2,4,6,12,20H,3,5,7-10H2,1H3,(H,17,18). The number of hydrogen-bond acceptors (Lipinski definition) is 3. The molecule has 1 saturated heterocycles. The molecule has 1 aromatic heterocycles. The van der Waals surface area contributed by atoms with E-state index < -0.39 is 0 Å². The van der Waals surface area contributed by atoms with Crippen LogP contribution in [-0.4, -0.2) is 45.1 Å². The molecule has 1 fully saturated rings. The molecule has 112 valence electrons. The summed E-state index contributed by atoms with van der Waals surface area (Å²) in [5, 5.41) is 9.28. The number of carbonyl (C=O) groups is 1. The molecule has 2 N–H and O–H groups in total. The molecular formula is C16H21N3O2. The van der Waals surface area contributed by atoms with Gasteiger partial charge in [-0.05, 0) is 31.4 Å². The quantitative estimate of drug-likeness (QED) is 0.900. The van der Waals surface area contributed by atoms with Gasteiger partial charge in [0.1, 0.15) is 5.82 Å². The Morgan fingerprint density at radius 1 is 1.52 bits per heavy atom. The lowest BCUT2D eigenvalue weighted by atomic mass is 10.2. The van der Waals surface area contributed by atoms with E-state index >= 15 is 0 Å². The summed E-state index contributed by atoms with van der Waals surface area (Å²) in [6.07, 6.45) is 2.95. The van der Waals surface area contributed by atoms with Gasteiger partial charge in [-0.15, -0.1) is 0 Å². The molecule has 0 radical (unpaired) electrons. The fourth-order valence-corrected chi connectivity index (χ4v) is 3.07. The highest BCUT2D eigenvalue weighted by Crippen LogP contribution is 2.19. The first-order valence-corrected chi connectivity index (χ1v) is 7.53. The van der Waals surface area contributed by atoms with E-state index in [4.69, 9.17) is 0 Å². The van der Waals surface area contributed by atoms with Crippen LogP contribution >= 0.6 is 0 Å². The molecule has 1 atom stereocenters. The van der Waals surface area contributed by atoms with Crippen molar-refractivity contribution in [2.45, 2.75) is 38.6 Å². The molecule has 1 aromatic carbocycles. The summed E-state index contributed by atoms with van der Waals surface area (Å²) in [4.78, 5) is 21.9. The number of fused-ring (bicyclic) bond motifs is 1. The topological polar surface area (TPSA) is 69.2 Å². The Morgan fingerprint density at radius 2 is 2.38 bits per heavy atom. The Hall–Kier alpha value is -1.88. The lowest BCUT2D eigenvalue weighted by Crippen LogP contribution is -2.37. The van der Waals surface area contributed by atoms with Crippen molar-refractivity contribution in [2.75, 3.05) is 13.2 Å². The zero-order chi connectivity index (χ0) is 14.8. The molecule has 1 aliphatic rings. The molecule has 0 aliphatic carbocycles. The number of carbonyl (C=O) groups excluding carboxylic acids is 1. The fourth-order valence-electron chi connectivity index (χ4n) is 3.07. The number of imidazole rings is 1. The molecule has 5 nitrogen and oxygen atoms in total. The summed E-state index contributed by atoms with van der Waals surface area (Å²) in [6.45, 7) is 2.87. The average molecular weight is 287 g/mol. The van der Waals surface area contributed by atoms with Crippen LogP contribution in [0.1, 0.15) is 30.7 Å². The Kier molecular flexibility index (Phi) is 3.92. The summed E-state index contributed by atoms with van der Waals surface area (Å²) in [5.74, 6) is 0.969. The number of H-pyrrole nitrogens is 1. The van der Waals surface area contributed by atoms with Crippen molar-refractivity contribution in [1.29, 1.82) is 0 Å². The Labute approximate surface area is 124 Å². The van der Waals surface area contributed by atoms with E-state index in [2.05, 4.69) is 9.97 Å². The molecule has 2 heterocycles. The zero-order valence-corrected chi connectivity index (χ0v) is 12.3. The maximum absolute atomic E-state index is 12.2. The van der Waals surface area contributed by atoms with Crippen LogP contribution in [0.3, 0.4) is 0 Å². The van der Waals surface area contributed by atoms with Gasteiger partial charge in [-0.2, -0.15) is 0 Å². The van der Waals surface area contributed by atoms with E-state index in [0.29, 0.717) is 12.8 Å². The third-order valence-electron chi connectivity index (χ3n) is 4.25. The number of aliphatic hydroxyl groups is 1. The van der Waals surface area contributed by atoms with Crippen LogP contribution in [0, 0.1) is 6.92 Å². The molecule has 21 heavy (non-hydrogen) atoms. The van der Waals surface area contributed by atoms with Crippen molar-refractivity contribution in [3.8, 4) is 0 Å². The van der Waals surface area contributed by atoms with Crippen molar-refractivity contribution in [2.24, 2.45) is 0 Å². The Balaban J connectivity index is 1.66. The number of amides is 1. The Morgan fingerprint density at radius 3 is 3.14 bits per heavy atom. The first-order valence-electron chi connectivity index (χ1n) is 7.53.